The summed E-state index contributed by atoms with van der Waals surface area (Å²) in [5, 5.41) is 1.47. The summed E-state index contributed by atoms with van der Waals surface area (Å²) in [6.45, 7) is 7.30. The molecule has 0 bridgehead atoms. The van der Waals surface area contributed by atoms with Crippen LogP contribution in [-0.2, 0) is 4.79 Å². The average Bonchev–Trinajstić information content (AvgIpc) is 2.70. The zero-order chi connectivity index (χ0) is 19.4. The minimum atomic E-state index is 0.0971. The number of hydrogen-bond acceptors (Lipinski definition) is 2. The fraction of sp³-hybridized carbons (Fsp3) is 0.409. The first-order valence-corrected chi connectivity index (χ1v) is 10.3. The van der Waals surface area contributed by atoms with Crippen LogP contribution >= 0.6 is 23.2 Å². The van der Waals surface area contributed by atoms with Gasteiger partial charge in [0.05, 0.1) is 6.04 Å². The van der Waals surface area contributed by atoms with Gasteiger partial charge in [-0.1, -0.05) is 61.3 Å². The van der Waals surface area contributed by atoms with Crippen LogP contribution in [0.15, 0.2) is 48.5 Å². The van der Waals surface area contributed by atoms with E-state index in [4.69, 9.17) is 23.2 Å². The van der Waals surface area contributed by atoms with E-state index in [9.17, 15) is 4.79 Å². The molecule has 2 aromatic carbocycles. The van der Waals surface area contributed by atoms with Crippen LogP contribution in [0.3, 0.4) is 0 Å². The number of carbonyl (C=O) groups is 1. The first-order chi connectivity index (χ1) is 13.0. The molecule has 1 heterocycles. The van der Waals surface area contributed by atoms with Gasteiger partial charge in [-0.25, -0.2) is 0 Å². The molecule has 2 aromatic rings. The van der Waals surface area contributed by atoms with E-state index in [-0.39, 0.29) is 17.9 Å². The van der Waals surface area contributed by atoms with Gasteiger partial charge >= 0.3 is 0 Å². The van der Waals surface area contributed by atoms with E-state index in [0.29, 0.717) is 0 Å². The molecule has 27 heavy (non-hydrogen) atoms. The molecule has 0 spiro atoms. The highest BCUT2D eigenvalue weighted by Gasteiger charge is 2.29. The average molecular weight is 405 g/mol. The van der Waals surface area contributed by atoms with Crippen molar-refractivity contribution < 1.29 is 4.79 Å². The van der Waals surface area contributed by atoms with E-state index in [0.717, 1.165) is 42.6 Å². The van der Waals surface area contributed by atoms with Gasteiger partial charge in [-0.05, 0) is 41.8 Å². The number of halogens is 2. The Morgan fingerprint density at radius 3 is 1.74 bits per heavy atom. The van der Waals surface area contributed by atoms with Crippen LogP contribution in [0.4, 0.5) is 0 Å². The van der Waals surface area contributed by atoms with Crippen molar-refractivity contribution >= 4 is 29.1 Å². The molecule has 0 aromatic heterocycles. The predicted molar refractivity (Wildman–Crippen MR) is 112 cm³/mol. The zero-order valence-electron chi connectivity index (χ0n) is 15.9. The number of benzene rings is 2. The van der Waals surface area contributed by atoms with Gasteiger partial charge in [0, 0.05) is 42.1 Å². The summed E-state index contributed by atoms with van der Waals surface area (Å²) < 4.78 is 0. The van der Waals surface area contributed by atoms with Gasteiger partial charge in [-0.3, -0.25) is 9.69 Å². The first kappa shape index (κ1) is 20.2. The Kier molecular flexibility index (Phi) is 6.80. The summed E-state index contributed by atoms with van der Waals surface area (Å²) in [7, 11) is 0. The molecule has 144 valence electrons. The van der Waals surface area contributed by atoms with Crippen molar-refractivity contribution in [2.45, 2.75) is 26.3 Å². The van der Waals surface area contributed by atoms with Crippen LogP contribution in [0.2, 0.25) is 10.0 Å². The second kappa shape index (κ2) is 9.09. The third-order valence-corrected chi connectivity index (χ3v) is 5.90. The van der Waals surface area contributed by atoms with E-state index in [2.05, 4.69) is 36.1 Å². The quantitative estimate of drug-likeness (QED) is 0.676. The standard InChI is InChI=1S/C22H26Cl2N2O/c1-3-16(2)22(27)26-14-12-25(13-15-26)21(17-4-8-19(23)9-5-17)18-6-10-20(24)11-7-18/h4-11,16,21H,3,12-15H2,1-2H3/t16-/m0/s1. The van der Waals surface area contributed by atoms with Gasteiger partial charge in [0.2, 0.25) is 5.91 Å². The molecular weight excluding hydrogens is 379 g/mol. The monoisotopic (exact) mass is 404 g/mol. The van der Waals surface area contributed by atoms with Crippen molar-refractivity contribution in [2.24, 2.45) is 5.92 Å². The summed E-state index contributed by atoms with van der Waals surface area (Å²) in [6, 6.07) is 16.2. The molecule has 0 radical (unpaired) electrons. The maximum absolute atomic E-state index is 12.5. The van der Waals surface area contributed by atoms with Crippen molar-refractivity contribution in [1.29, 1.82) is 0 Å². The van der Waals surface area contributed by atoms with E-state index in [1.165, 1.54) is 11.1 Å². The van der Waals surface area contributed by atoms with Gasteiger partial charge in [-0.2, -0.15) is 0 Å². The number of piperazine rings is 1. The SMILES string of the molecule is CC[C@H](C)C(=O)N1CCN(C(c2ccc(Cl)cc2)c2ccc(Cl)cc2)CC1. The lowest BCUT2D eigenvalue weighted by molar-refractivity contribution is -0.137. The van der Waals surface area contributed by atoms with Crippen LogP contribution in [0.5, 0.6) is 0 Å². The van der Waals surface area contributed by atoms with Crippen molar-refractivity contribution in [2.75, 3.05) is 26.2 Å². The summed E-state index contributed by atoms with van der Waals surface area (Å²) in [4.78, 5) is 16.9. The fourth-order valence-electron chi connectivity index (χ4n) is 3.59. The van der Waals surface area contributed by atoms with Crippen molar-refractivity contribution in [3.05, 3.63) is 69.7 Å². The van der Waals surface area contributed by atoms with Gasteiger partial charge in [-0.15, -0.1) is 0 Å². The lowest BCUT2D eigenvalue weighted by Crippen LogP contribution is -2.51. The Balaban J connectivity index is 1.81. The zero-order valence-corrected chi connectivity index (χ0v) is 17.4. The molecule has 5 heteroatoms. The molecule has 0 saturated carbocycles. The van der Waals surface area contributed by atoms with Gasteiger partial charge in [0.15, 0.2) is 0 Å². The smallest absolute Gasteiger partial charge is 0.225 e. The number of rotatable bonds is 5. The predicted octanol–water partition coefficient (Wildman–Crippen LogP) is 5.27. The summed E-state index contributed by atoms with van der Waals surface area (Å²) in [6.07, 6.45) is 0.886. The van der Waals surface area contributed by atoms with Crippen LogP contribution in [0.25, 0.3) is 0 Å². The molecule has 1 saturated heterocycles. The summed E-state index contributed by atoms with van der Waals surface area (Å²) in [5.74, 6) is 0.367. The third-order valence-electron chi connectivity index (χ3n) is 5.40. The summed E-state index contributed by atoms with van der Waals surface area (Å²) in [5.41, 5.74) is 2.40. The number of hydrogen-bond donors (Lipinski definition) is 0. The van der Waals surface area contributed by atoms with E-state index < -0.39 is 0 Å². The molecule has 0 aliphatic carbocycles. The lowest BCUT2D eigenvalue weighted by atomic mass is 9.96. The molecule has 3 rings (SSSR count). The van der Waals surface area contributed by atoms with E-state index in [1.807, 2.05) is 36.1 Å². The summed E-state index contributed by atoms with van der Waals surface area (Å²) >= 11 is 12.2. The number of amides is 1. The Morgan fingerprint density at radius 1 is 0.889 bits per heavy atom. The molecule has 1 fully saturated rings. The highest BCUT2D eigenvalue weighted by Crippen LogP contribution is 2.31. The third kappa shape index (κ3) is 4.84. The highest BCUT2D eigenvalue weighted by atomic mass is 35.5. The second-order valence-corrected chi connectivity index (χ2v) is 8.05. The fourth-order valence-corrected chi connectivity index (χ4v) is 3.84. The molecule has 1 aliphatic heterocycles. The van der Waals surface area contributed by atoms with Crippen LogP contribution in [0.1, 0.15) is 37.4 Å². The lowest BCUT2D eigenvalue weighted by Gasteiger charge is -2.40. The first-order valence-electron chi connectivity index (χ1n) is 9.53. The Hall–Kier alpha value is -1.55. The molecule has 0 N–H and O–H groups in total. The molecule has 3 nitrogen and oxygen atoms in total. The van der Waals surface area contributed by atoms with Crippen molar-refractivity contribution in [1.82, 2.24) is 9.80 Å². The van der Waals surface area contributed by atoms with Crippen molar-refractivity contribution in [3.63, 3.8) is 0 Å². The topological polar surface area (TPSA) is 23.6 Å². The second-order valence-electron chi connectivity index (χ2n) is 7.18. The maximum atomic E-state index is 12.5. The van der Waals surface area contributed by atoms with Crippen molar-refractivity contribution in [3.8, 4) is 0 Å². The Labute approximate surface area is 171 Å². The Morgan fingerprint density at radius 2 is 1.33 bits per heavy atom. The van der Waals surface area contributed by atoms with Gasteiger partial charge in [0.25, 0.3) is 0 Å². The Bertz CT molecular complexity index is 707. The van der Waals surface area contributed by atoms with E-state index >= 15 is 0 Å². The van der Waals surface area contributed by atoms with Crippen LogP contribution in [-0.4, -0.2) is 41.9 Å². The number of carbonyl (C=O) groups excluding carboxylic acids is 1. The minimum Gasteiger partial charge on any atom is -0.340 e. The van der Waals surface area contributed by atoms with Crippen LogP contribution < -0.4 is 0 Å². The number of nitrogens with zero attached hydrogens (tertiary/aromatic N) is 2. The molecule has 1 amide bonds. The normalized spacial score (nSPS) is 16.6. The van der Waals surface area contributed by atoms with Gasteiger partial charge in [0.1, 0.15) is 0 Å². The maximum Gasteiger partial charge on any atom is 0.225 e. The van der Waals surface area contributed by atoms with Crippen LogP contribution in [0, 0.1) is 5.92 Å². The molecular formula is C22H26Cl2N2O. The van der Waals surface area contributed by atoms with Gasteiger partial charge < -0.3 is 4.90 Å². The van der Waals surface area contributed by atoms with E-state index in [1.54, 1.807) is 0 Å². The largest absolute Gasteiger partial charge is 0.340 e. The highest BCUT2D eigenvalue weighted by molar-refractivity contribution is 6.30. The molecule has 1 aliphatic rings. The molecule has 1 atom stereocenters. The minimum absolute atomic E-state index is 0.0971. The molecule has 0 unspecified atom stereocenters.